The number of hydrogen-bond acceptors (Lipinski definition) is 6. The summed E-state index contributed by atoms with van der Waals surface area (Å²) in [6.45, 7) is 18.0. The predicted molar refractivity (Wildman–Crippen MR) is 180 cm³/mol. The number of hydrogen-bond donors (Lipinski definition) is 4. The molecule has 2 aromatic carbocycles. The molecule has 0 unspecified atom stereocenters. The number of carboxylic acids is 2. The van der Waals surface area contributed by atoms with Crippen LogP contribution in [-0.2, 0) is 19.1 Å². The fourth-order valence-corrected chi connectivity index (χ4v) is 4.09. The van der Waals surface area contributed by atoms with Crippen molar-refractivity contribution in [2.75, 3.05) is 0 Å². The lowest BCUT2D eigenvalue weighted by Gasteiger charge is -2.22. The highest BCUT2D eigenvalue weighted by molar-refractivity contribution is 5.82. The van der Waals surface area contributed by atoms with Gasteiger partial charge in [0, 0.05) is 0 Å². The smallest absolute Gasteiger partial charge is 0.408 e. The summed E-state index contributed by atoms with van der Waals surface area (Å²) < 4.78 is 10.2. The highest BCUT2D eigenvalue weighted by Gasteiger charge is 2.26. The van der Waals surface area contributed by atoms with Gasteiger partial charge in [-0.15, -0.1) is 0 Å². The van der Waals surface area contributed by atoms with Gasteiger partial charge in [-0.05, 0) is 104 Å². The van der Waals surface area contributed by atoms with Crippen molar-refractivity contribution in [3.05, 3.63) is 82.9 Å². The van der Waals surface area contributed by atoms with Crippen molar-refractivity contribution in [3.8, 4) is 0 Å². The second kappa shape index (κ2) is 17.8. The molecule has 0 fully saturated rings. The summed E-state index contributed by atoms with van der Waals surface area (Å²) in [7, 11) is 0. The molecule has 252 valence electrons. The first-order valence-electron chi connectivity index (χ1n) is 15.1. The van der Waals surface area contributed by atoms with Gasteiger partial charge in [0.2, 0.25) is 0 Å². The molecule has 0 saturated heterocycles. The lowest BCUT2D eigenvalue weighted by atomic mass is 9.97. The third-order valence-electron chi connectivity index (χ3n) is 6.69. The first-order chi connectivity index (χ1) is 21.2. The van der Waals surface area contributed by atoms with E-state index in [2.05, 4.69) is 10.6 Å². The normalized spacial score (nSPS) is 13.8. The van der Waals surface area contributed by atoms with E-state index >= 15 is 0 Å². The Bertz CT molecular complexity index is 1280. The van der Waals surface area contributed by atoms with E-state index in [1.165, 1.54) is 0 Å². The van der Waals surface area contributed by atoms with E-state index in [4.69, 9.17) is 9.47 Å². The summed E-state index contributed by atoms with van der Waals surface area (Å²) in [5.41, 5.74) is 4.54. The zero-order chi connectivity index (χ0) is 35.2. The minimum Gasteiger partial charge on any atom is -0.480 e. The third-order valence-corrected chi connectivity index (χ3v) is 6.69. The number of ether oxygens (including phenoxy) is 2. The minimum atomic E-state index is -1.09. The van der Waals surface area contributed by atoms with Gasteiger partial charge in [-0.3, -0.25) is 0 Å². The van der Waals surface area contributed by atoms with Gasteiger partial charge in [-0.2, -0.15) is 0 Å². The number of alkyl carbamates (subject to hydrolysis) is 2. The molecular formula is C36H50N2O8. The number of carbonyl (C=O) groups is 4. The standard InChI is InChI=1S/2C18H25NO4/c2*1-12(13(2)14-9-7-6-8-10-14)11-15(16(20)21)19-17(22)23-18(3,4)5/h2*6-10,15H,11H2,1-5H3,(H,19,22)(H,20,21)/b13-12+;13-12-/t2*15-/m00/s1. The van der Waals surface area contributed by atoms with E-state index in [1.54, 1.807) is 41.5 Å². The van der Waals surface area contributed by atoms with Gasteiger partial charge < -0.3 is 30.3 Å². The van der Waals surface area contributed by atoms with Crippen LogP contribution >= 0.6 is 0 Å². The van der Waals surface area contributed by atoms with Crippen LogP contribution in [0, 0.1) is 0 Å². The molecule has 4 N–H and O–H groups in total. The molecule has 0 heterocycles. The molecule has 0 aromatic heterocycles. The zero-order valence-corrected chi connectivity index (χ0v) is 28.7. The van der Waals surface area contributed by atoms with Crippen LogP contribution in [0.15, 0.2) is 71.8 Å². The second-order valence-electron chi connectivity index (χ2n) is 13.0. The first kappa shape index (κ1) is 39.4. The number of carbonyl (C=O) groups excluding carboxylic acids is 2. The van der Waals surface area contributed by atoms with Crippen LogP contribution in [-0.4, -0.2) is 57.6 Å². The molecule has 0 aliphatic heterocycles. The number of amides is 2. The number of allylic oxidation sites excluding steroid dienone is 2. The van der Waals surface area contributed by atoms with Crippen molar-refractivity contribution in [3.63, 3.8) is 0 Å². The molecule has 10 heteroatoms. The Labute approximate surface area is 272 Å². The van der Waals surface area contributed by atoms with Gasteiger partial charge in [-0.25, -0.2) is 19.2 Å². The number of rotatable bonds is 10. The Hall–Kier alpha value is -4.60. The van der Waals surface area contributed by atoms with Crippen LogP contribution in [0.5, 0.6) is 0 Å². The fourth-order valence-electron chi connectivity index (χ4n) is 4.09. The van der Waals surface area contributed by atoms with E-state index in [9.17, 15) is 29.4 Å². The largest absolute Gasteiger partial charge is 0.480 e. The average molecular weight is 639 g/mol. The van der Waals surface area contributed by atoms with Crippen LogP contribution in [0.3, 0.4) is 0 Å². The monoisotopic (exact) mass is 638 g/mol. The van der Waals surface area contributed by atoms with Gasteiger partial charge in [0.1, 0.15) is 23.3 Å². The van der Waals surface area contributed by atoms with E-state index in [0.29, 0.717) is 0 Å². The van der Waals surface area contributed by atoms with Gasteiger partial charge >= 0.3 is 24.1 Å². The summed E-state index contributed by atoms with van der Waals surface area (Å²) in [6, 6.07) is 17.4. The Morgan fingerprint density at radius 1 is 0.587 bits per heavy atom. The fraction of sp³-hybridized carbons (Fsp3) is 0.444. The van der Waals surface area contributed by atoms with Gasteiger partial charge in [0.05, 0.1) is 0 Å². The Kier molecular flexibility index (Phi) is 15.2. The van der Waals surface area contributed by atoms with Gasteiger partial charge in [0.15, 0.2) is 0 Å². The lowest BCUT2D eigenvalue weighted by molar-refractivity contribution is -0.140. The number of benzene rings is 2. The van der Waals surface area contributed by atoms with E-state index in [0.717, 1.165) is 33.4 Å². The van der Waals surface area contributed by atoms with Crippen LogP contribution in [0.2, 0.25) is 0 Å². The van der Waals surface area contributed by atoms with Gasteiger partial charge in [0.25, 0.3) is 0 Å². The molecule has 0 saturated carbocycles. The van der Waals surface area contributed by atoms with Crippen molar-refractivity contribution < 1.29 is 38.9 Å². The molecule has 46 heavy (non-hydrogen) atoms. The molecule has 0 aliphatic rings. The highest BCUT2D eigenvalue weighted by atomic mass is 16.6. The average Bonchev–Trinajstić information content (AvgIpc) is 2.94. The van der Waals surface area contributed by atoms with Gasteiger partial charge in [-0.1, -0.05) is 71.8 Å². The predicted octanol–water partition coefficient (Wildman–Crippen LogP) is 7.70. The maximum atomic E-state index is 11.8. The van der Waals surface area contributed by atoms with Crippen molar-refractivity contribution in [1.29, 1.82) is 0 Å². The van der Waals surface area contributed by atoms with Crippen molar-refractivity contribution in [2.45, 2.75) is 105 Å². The Morgan fingerprint density at radius 3 is 1.11 bits per heavy atom. The molecule has 2 aromatic rings. The van der Waals surface area contributed by atoms with Crippen LogP contribution in [0.4, 0.5) is 9.59 Å². The summed E-state index contributed by atoms with van der Waals surface area (Å²) in [5, 5.41) is 23.5. The number of nitrogens with one attached hydrogen (secondary N) is 2. The maximum Gasteiger partial charge on any atom is 0.408 e. The summed E-state index contributed by atoms with van der Waals surface area (Å²) in [6.07, 6.45) is -1.02. The molecule has 0 aliphatic carbocycles. The third kappa shape index (κ3) is 15.4. The molecule has 10 nitrogen and oxygen atoms in total. The SMILES string of the molecule is C/C(C[C@H](NC(=O)OC(C)(C)C)C(=O)O)=C(/C)c1ccccc1.C/C(C[C@H](NC(=O)OC(C)(C)C)C(=O)O)=C(\C)c1ccccc1. The molecular weight excluding hydrogens is 588 g/mol. The number of aliphatic carboxylic acids is 2. The first-order valence-corrected chi connectivity index (χ1v) is 15.1. The second-order valence-corrected chi connectivity index (χ2v) is 13.0. The molecule has 0 radical (unpaired) electrons. The van der Waals surface area contributed by atoms with Crippen LogP contribution in [0.1, 0.15) is 93.2 Å². The summed E-state index contributed by atoms with van der Waals surface area (Å²) >= 11 is 0. The molecule has 0 spiro atoms. The quantitative estimate of drug-likeness (QED) is 0.207. The van der Waals surface area contributed by atoms with E-state index < -0.39 is 47.4 Å². The summed E-state index contributed by atoms with van der Waals surface area (Å²) in [5.74, 6) is -2.17. The minimum absolute atomic E-state index is 0.218. The molecule has 0 bridgehead atoms. The highest BCUT2D eigenvalue weighted by Crippen LogP contribution is 2.22. The molecule has 2 atom stereocenters. The van der Waals surface area contributed by atoms with E-state index in [-0.39, 0.29) is 12.8 Å². The van der Waals surface area contributed by atoms with Crippen molar-refractivity contribution in [2.24, 2.45) is 0 Å². The van der Waals surface area contributed by atoms with Crippen molar-refractivity contribution in [1.82, 2.24) is 10.6 Å². The topological polar surface area (TPSA) is 151 Å². The van der Waals surface area contributed by atoms with E-state index in [1.807, 2.05) is 88.4 Å². The lowest BCUT2D eigenvalue weighted by Crippen LogP contribution is -2.43. The zero-order valence-electron chi connectivity index (χ0n) is 28.7. The molecule has 2 rings (SSSR count). The van der Waals surface area contributed by atoms with Crippen molar-refractivity contribution >= 4 is 35.3 Å². The maximum absolute atomic E-state index is 11.8. The number of carboxylic acid groups (broad SMARTS) is 2. The molecule has 2 amide bonds. The Balaban J connectivity index is 0.000000460. The Morgan fingerprint density at radius 2 is 0.870 bits per heavy atom. The van der Waals surface area contributed by atoms with Crippen LogP contribution in [0.25, 0.3) is 11.1 Å². The summed E-state index contributed by atoms with van der Waals surface area (Å²) in [4.78, 5) is 46.4. The van der Waals surface area contributed by atoms with Crippen LogP contribution < -0.4 is 10.6 Å².